The summed E-state index contributed by atoms with van der Waals surface area (Å²) in [4.78, 5) is 1.95. The van der Waals surface area contributed by atoms with E-state index in [-0.39, 0.29) is 31.7 Å². The molecular formula is C38H28Cl4P2PtS2. The van der Waals surface area contributed by atoms with Crippen molar-refractivity contribution in [3.05, 3.63) is 146 Å². The maximum Gasteiger partial charge on any atom is 2.00 e. The fourth-order valence-corrected chi connectivity index (χ4v) is 11.8. The maximum absolute atomic E-state index is 5.56. The second-order valence-corrected chi connectivity index (χ2v) is 16.6. The van der Waals surface area contributed by atoms with Gasteiger partial charge in [-0.2, -0.15) is 9.79 Å². The van der Waals surface area contributed by atoms with E-state index in [2.05, 4.69) is 121 Å². The molecule has 0 spiro atoms. The molecule has 0 N–H and O–H groups in total. The molecule has 0 fully saturated rings. The molecule has 9 heteroatoms. The number of hydrogen-bond acceptors (Lipinski definition) is 2. The van der Waals surface area contributed by atoms with E-state index in [9.17, 15) is 0 Å². The monoisotopic (exact) mass is 945 g/mol. The average Bonchev–Trinajstić information content (AvgIpc) is 3.60. The number of hydrogen-bond donors (Lipinski definition) is 0. The van der Waals surface area contributed by atoms with Crippen molar-refractivity contribution in [1.82, 2.24) is 0 Å². The van der Waals surface area contributed by atoms with Crippen LogP contribution < -0.4 is 0 Å². The van der Waals surface area contributed by atoms with Crippen LogP contribution in [0.2, 0.25) is 0 Å². The zero-order valence-electron chi connectivity index (χ0n) is 24.8. The van der Waals surface area contributed by atoms with Gasteiger partial charge in [0, 0.05) is 20.5 Å². The van der Waals surface area contributed by atoms with E-state index in [1.54, 1.807) is 0 Å². The third-order valence-electron chi connectivity index (χ3n) is 7.37. The Hall–Kier alpha value is -1.79. The average molecular weight is 948 g/mol. The van der Waals surface area contributed by atoms with Gasteiger partial charge in [0.15, 0.2) is 0 Å². The van der Waals surface area contributed by atoms with E-state index >= 15 is 0 Å². The molecule has 8 rings (SSSR count). The number of fused-ring (bicyclic) bond motifs is 6. The van der Waals surface area contributed by atoms with Gasteiger partial charge in [0.2, 0.25) is 0 Å². The summed E-state index contributed by atoms with van der Waals surface area (Å²) < 4.78 is 0. The normalized spacial score (nSPS) is 10.3. The van der Waals surface area contributed by atoms with E-state index in [0.717, 1.165) is 9.79 Å². The SMILES string of the molecule is ClCCl.ClCCl.[Pt+2].[S-]c1ccccc1-p1c2ccccc2c2ccccc21.[S-]c1ccccc1-p1c2ccccc2c2ccccc21. The van der Waals surface area contributed by atoms with Gasteiger partial charge < -0.3 is 25.3 Å². The minimum atomic E-state index is -0.497. The van der Waals surface area contributed by atoms with Crippen LogP contribution >= 0.6 is 61.5 Å². The first-order chi connectivity index (χ1) is 22.5. The predicted molar refractivity (Wildman–Crippen MR) is 215 cm³/mol. The Balaban J connectivity index is 0.000000179. The van der Waals surface area contributed by atoms with Crippen LogP contribution in [0.5, 0.6) is 0 Å². The molecule has 240 valence electrons. The van der Waals surface area contributed by atoms with E-state index in [1.165, 1.54) is 52.6 Å². The molecule has 6 aromatic carbocycles. The molecule has 0 atom stereocenters. The Morgan fingerprint density at radius 3 is 0.830 bits per heavy atom. The second kappa shape index (κ2) is 18.8. The molecule has 0 saturated carbocycles. The van der Waals surface area contributed by atoms with Gasteiger partial charge in [0.05, 0.1) is 10.7 Å². The smallest absolute Gasteiger partial charge is 0.779 e. The first kappa shape index (κ1) is 38.0. The van der Waals surface area contributed by atoms with E-state index in [4.69, 9.17) is 71.7 Å². The van der Waals surface area contributed by atoms with E-state index in [1.807, 2.05) is 24.3 Å². The summed E-state index contributed by atoms with van der Waals surface area (Å²) in [6, 6.07) is 51.6. The van der Waals surface area contributed by atoms with Gasteiger partial charge in [0.25, 0.3) is 0 Å². The molecule has 2 aromatic heterocycles. The van der Waals surface area contributed by atoms with Crippen molar-refractivity contribution in [3.8, 4) is 10.6 Å². The topological polar surface area (TPSA) is 0 Å². The number of benzene rings is 6. The predicted octanol–water partition coefficient (Wildman–Crippen LogP) is 14.6. The van der Waals surface area contributed by atoms with Crippen LogP contribution in [0.25, 0.3) is 52.6 Å². The molecule has 8 aromatic rings. The molecule has 0 bridgehead atoms. The summed E-state index contributed by atoms with van der Waals surface area (Å²) in [6.07, 6.45) is 0. The third kappa shape index (κ3) is 8.51. The first-order valence-corrected chi connectivity index (χ1v) is 19.9. The molecule has 0 aliphatic heterocycles. The van der Waals surface area contributed by atoms with Crippen molar-refractivity contribution in [1.29, 1.82) is 0 Å². The molecule has 0 nitrogen and oxygen atoms in total. The van der Waals surface area contributed by atoms with E-state index < -0.39 is 15.1 Å². The minimum absolute atomic E-state index is 0. The van der Waals surface area contributed by atoms with Crippen LogP contribution in [0.3, 0.4) is 0 Å². The minimum Gasteiger partial charge on any atom is -0.779 e. The summed E-state index contributed by atoms with van der Waals surface area (Å²) in [5, 5.41) is 14.2. The van der Waals surface area contributed by atoms with Crippen LogP contribution in [0.4, 0.5) is 0 Å². The standard InChI is InChI=1S/2C18H13PS.2CH2Cl2.Pt/c2*20-18-12-6-5-11-17(18)19-15-9-3-1-7-13(15)14-8-2-4-10-16(14)19;2*2-1-3;/h2*1-12,20H;2*1H2;/q;;;;+2/p-2. The molecular weight excluding hydrogens is 919 g/mol. The number of rotatable bonds is 2. The fourth-order valence-electron chi connectivity index (χ4n) is 5.65. The Kier molecular flexibility index (Phi) is 15.2. The van der Waals surface area contributed by atoms with Gasteiger partial charge in [-0.1, -0.05) is 161 Å². The number of alkyl halides is 4. The zero-order chi connectivity index (χ0) is 32.5. The van der Waals surface area contributed by atoms with Crippen molar-refractivity contribution in [2.45, 2.75) is 9.79 Å². The molecule has 2 heterocycles. The summed E-state index contributed by atoms with van der Waals surface area (Å²) in [5.41, 5.74) is 0. The zero-order valence-corrected chi connectivity index (χ0v) is 33.5. The summed E-state index contributed by atoms with van der Waals surface area (Å²) in [7, 11) is -0.994. The summed E-state index contributed by atoms with van der Waals surface area (Å²) in [6.45, 7) is 0. The third-order valence-corrected chi connectivity index (χ3v) is 13.6. The van der Waals surface area contributed by atoms with Crippen LogP contribution in [-0.2, 0) is 46.3 Å². The molecule has 47 heavy (non-hydrogen) atoms. The van der Waals surface area contributed by atoms with Crippen LogP contribution in [0, 0.1) is 0 Å². The Labute approximate surface area is 323 Å². The molecule has 0 aliphatic carbocycles. The molecule has 0 radical (unpaired) electrons. The van der Waals surface area contributed by atoms with Crippen molar-refractivity contribution in [2.75, 3.05) is 10.7 Å². The Morgan fingerprint density at radius 2 is 0.574 bits per heavy atom. The van der Waals surface area contributed by atoms with E-state index in [0.29, 0.717) is 0 Å². The van der Waals surface area contributed by atoms with Crippen LogP contribution in [-0.4, -0.2) is 10.7 Å². The summed E-state index contributed by atoms with van der Waals surface area (Å²) >= 11 is 30.2. The van der Waals surface area contributed by atoms with Gasteiger partial charge >= 0.3 is 21.1 Å². The van der Waals surface area contributed by atoms with Crippen molar-refractivity contribution in [3.63, 3.8) is 0 Å². The Morgan fingerprint density at radius 1 is 0.362 bits per heavy atom. The van der Waals surface area contributed by atoms with Crippen molar-refractivity contribution in [2.24, 2.45) is 0 Å². The second-order valence-electron chi connectivity index (χ2n) is 9.88. The van der Waals surface area contributed by atoms with Crippen LogP contribution in [0.1, 0.15) is 0 Å². The van der Waals surface area contributed by atoms with Crippen molar-refractivity contribution < 1.29 is 21.1 Å². The van der Waals surface area contributed by atoms with Gasteiger partial charge in [0.1, 0.15) is 0 Å². The molecule has 0 saturated heterocycles. The fraction of sp³-hybridized carbons (Fsp3) is 0.0526. The first-order valence-electron chi connectivity index (χ1n) is 14.3. The largest absolute Gasteiger partial charge is 2.00 e. The van der Waals surface area contributed by atoms with Crippen LogP contribution in [0.15, 0.2) is 155 Å². The quantitative estimate of drug-likeness (QED) is 0.125. The van der Waals surface area contributed by atoms with Gasteiger partial charge in [-0.15, -0.1) is 46.4 Å². The molecule has 0 aliphatic rings. The number of halogens is 4. The summed E-state index contributed by atoms with van der Waals surface area (Å²) in [5.74, 6) is 0. The Bertz CT molecular complexity index is 1950. The molecule has 0 amide bonds. The molecule has 0 unspecified atom stereocenters. The van der Waals surface area contributed by atoms with Gasteiger partial charge in [-0.05, 0) is 32.2 Å². The maximum atomic E-state index is 5.56. The van der Waals surface area contributed by atoms with Gasteiger partial charge in [-0.25, -0.2) is 0 Å². The van der Waals surface area contributed by atoms with Crippen molar-refractivity contribution >= 4 is 129 Å². The van der Waals surface area contributed by atoms with Gasteiger partial charge in [-0.3, -0.25) is 0 Å².